The number of carboxylic acid groups (broad SMARTS) is 1. The van der Waals surface area contributed by atoms with Crippen molar-refractivity contribution in [2.45, 2.75) is 31.7 Å². The summed E-state index contributed by atoms with van der Waals surface area (Å²) in [5.74, 6) is -0.648. The van der Waals surface area contributed by atoms with E-state index in [4.69, 9.17) is 4.74 Å². The van der Waals surface area contributed by atoms with Crippen molar-refractivity contribution in [3.8, 4) is 0 Å². The number of hydrogen-bond acceptors (Lipinski definition) is 4. The SMILES string of the molecule is CN(C)C1CCN(CC2(C(=O)O)CCOCC2)CC1. The molecule has 5 heteroatoms. The van der Waals surface area contributed by atoms with Crippen molar-refractivity contribution in [3.05, 3.63) is 0 Å². The van der Waals surface area contributed by atoms with Crippen LogP contribution < -0.4 is 0 Å². The van der Waals surface area contributed by atoms with Crippen LogP contribution in [0.4, 0.5) is 0 Å². The van der Waals surface area contributed by atoms with Gasteiger partial charge in [0.25, 0.3) is 0 Å². The van der Waals surface area contributed by atoms with Gasteiger partial charge in [-0.15, -0.1) is 0 Å². The average molecular weight is 270 g/mol. The lowest BCUT2D eigenvalue weighted by Crippen LogP contribution is -2.50. The Balaban J connectivity index is 1.90. The summed E-state index contributed by atoms with van der Waals surface area (Å²) in [7, 11) is 4.25. The Bertz CT molecular complexity index is 306. The molecule has 2 saturated heterocycles. The van der Waals surface area contributed by atoms with Crippen molar-refractivity contribution in [3.63, 3.8) is 0 Å². The van der Waals surface area contributed by atoms with Gasteiger partial charge in [0, 0.05) is 25.8 Å². The van der Waals surface area contributed by atoms with Gasteiger partial charge in [0.15, 0.2) is 0 Å². The zero-order valence-corrected chi connectivity index (χ0v) is 12.1. The Kier molecular flexibility index (Phi) is 4.81. The standard InChI is InChI=1S/C14H26N2O3/c1-15(2)12-3-7-16(8-4-12)11-14(13(17)18)5-9-19-10-6-14/h12H,3-11H2,1-2H3,(H,17,18). The van der Waals surface area contributed by atoms with Gasteiger partial charge in [0.2, 0.25) is 0 Å². The van der Waals surface area contributed by atoms with Crippen LogP contribution in [-0.4, -0.2) is 73.9 Å². The lowest BCUT2D eigenvalue weighted by molar-refractivity contribution is -0.157. The Morgan fingerprint density at radius 2 is 1.89 bits per heavy atom. The molecule has 0 aliphatic carbocycles. The Labute approximate surface area is 115 Å². The first-order valence-electron chi connectivity index (χ1n) is 7.23. The Morgan fingerprint density at radius 3 is 2.37 bits per heavy atom. The third-order valence-corrected chi connectivity index (χ3v) is 4.72. The van der Waals surface area contributed by atoms with Gasteiger partial charge in [-0.25, -0.2) is 0 Å². The summed E-state index contributed by atoms with van der Waals surface area (Å²) in [6.07, 6.45) is 3.57. The second kappa shape index (κ2) is 6.20. The van der Waals surface area contributed by atoms with Crippen molar-refractivity contribution in [1.29, 1.82) is 0 Å². The molecule has 2 rings (SSSR count). The molecule has 110 valence electrons. The number of carboxylic acids is 1. The second-order valence-corrected chi connectivity index (χ2v) is 6.17. The Morgan fingerprint density at radius 1 is 1.32 bits per heavy atom. The maximum absolute atomic E-state index is 11.6. The lowest BCUT2D eigenvalue weighted by atomic mass is 9.79. The molecule has 19 heavy (non-hydrogen) atoms. The van der Waals surface area contributed by atoms with E-state index in [1.807, 2.05) is 0 Å². The highest BCUT2D eigenvalue weighted by atomic mass is 16.5. The minimum Gasteiger partial charge on any atom is -0.481 e. The molecule has 2 aliphatic heterocycles. The van der Waals surface area contributed by atoms with E-state index in [-0.39, 0.29) is 0 Å². The van der Waals surface area contributed by atoms with Gasteiger partial charge in [0.05, 0.1) is 5.41 Å². The van der Waals surface area contributed by atoms with Crippen LogP contribution in [-0.2, 0) is 9.53 Å². The van der Waals surface area contributed by atoms with Crippen LogP contribution >= 0.6 is 0 Å². The molecule has 0 atom stereocenters. The van der Waals surface area contributed by atoms with Crippen LogP contribution in [0.1, 0.15) is 25.7 Å². The molecule has 0 bridgehead atoms. The number of aliphatic carboxylic acids is 1. The van der Waals surface area contributed by atoms with Crippen molar-refractivity contribution < 1.29 is 14.6 Å². The number of nitrogens with zero attached hydrogens (tertiary/aromatic N) is 2. The van der Waals surface area contributed by atoms with Crippen LogP contribution in [0, 0.1) is 5.41 Å². The summed E-state index contributed by atoms with van der Waals surface area (Å²) in [5, 5.41) is 9.57. The van der Waals surface area contributed by atoms with Gasteiger partial charge >= 0.3 is 5.97 Å². The number of piperidine rings is 1. The van der Waals surface area contributed by atoms with E-state index in [1.54, 1.807) is 0 Å². The minimum atomic E-state index is -0.648. The molecule has 0 aromatic heterocycles. The molecule has 0 aromatic rings. The van der Waals surface area contributed by atoms with E-state index in [0.717, 1.165) is 25.9 Å². The molecule has 0 aromatic carbocycles. The lowest BCUT2D eigenvalue weighted by Gasteiger charge is -2.41. The molecule has 5 nitrogen and oxygen atoms in total. The van der Waals surface area contributed by atoms with E-state index in [2.05, 4.69) is 23.9 Å². The molecular weight excluding hydrogens is 244 g/mol. The van der Waals surface area contributed by atoms with E-state index < -0.39 is 11.4 Å². The number of hydrogen-bond donors (Lipinski definition) is 1. The van der Waals surface area contributed by atoms with Crippen LogP contribution in [0.5, 0.6) is 0 Å². The topological polar surface area (TPSA) is 53.0 Å². The maximum Gasteiger partial charge on any atom is 0.311 e. The fourth-order valence-electron chi connectivity index (χ4n) is 3.22. The molecule has 0 radical (unpaired) electrons. The van der Waals surface area contributed by atoms with Crippen molar-refractivity contribution in [2.24, 2.45) is 5.41 Å². The van der Waals surface area contributed by atoms with Crippen molar-refractivity contribution in [1.82, 2.24) is 9.80 Å². The van der Waals surface area contributed by atoms with E-state index in [0.29, 0.717) is 38.6 Å². The largest absolute Gasteiger partial charge is 0.481 e. The first-order chi connectivity index (χ1) is 9.03. The summed E-state index contributed by atoms with van der Waals surface area (Å²) in [6, 6.07) is 0.645. The fraction of sp³-hybridized carbons (Fsp3) is 0.929. The van der Waals surface area contributed by atoms with Crippen LogP contribution in [0.2, 0.25) is 0 Å². The van der Waals surface area contributed by atoms with E-state index in [9.17, 15) is 9.90 Å². The molecular formula is C14H26N2O3. The summed E-state index contributed by atoms with van der Waals surface area (Å²) in [6.45, 7) is 3.88. The first kappa shape index (κ1) is 14.8. The monoisotopic (exact) mass is 270 g/mol. The highest BCUT2D eigenvalue weighted by Crippen LogP contribution is 2.33. The number of carbonyl (C=O) groups is 1. The van der Waals surface area contributed by atoms with Crippen molar-refractivity contribution >= 4 is 5.97 Å². The molecule has 2 aliphatic rings. The number of likely N-dealkylation sites (tertiary alicyclic amines) is 1. The summed E-state index contributed by atoms with van der Waals surface area (Å²) in [5.41, 5.74) is -0.580. The molecule has 0 unspecified atom stereocenters. The van der Waals surface area contributed by atoms with Gasteiger partial charge in [-0.1, -0.05) is 0 Å². The zero-order valence-electron chi connectivity index (χ0n) is 12.1. The Hall–Kier alpha value is -0.650. The third-order valence-electron chi connectivity index (χ3n) is 4.72. The first-order valence-corrected chi connectivity index (χ1v) is 7.23. The summed E-state index contributed by atoms with van der Waals surface area (Å²) < 4.78 is 5.32. The molecule has 2 fully saturated rings. The van der Waals surface area contributed by atoms with Gasteiger partial charge in [0.1, 0.15) is 0 Å². The number of rotatable bonds is 4. The molecule has 0 saturated carbocycles. The van der Waals surface area contributed by atoms with Gasteiger partial charge in [-0.05, 0) is 52.9 Å². The van der Waals surface area contributed by atoms with Gasteiger partial charge < -0.3 is 19.6 Å². The quantitative estimate of drug-likeness (QED) is 0.822. The molecule has 1 N–H and O–H groups in total. The highest BCUT2D eigenvalue weighted by Gasteiger charge is 2.42. The second-order valence-electron chi connectivity index (χ2n) is 6.17. The van der Waals surface area contributed by atoms with Crippen LogP contribution in [0.3, 0.4) is 0 Å². The average Bonchev–Trinajstić information content (AvgIpc) is 2.40. The normalized spacial score (nSPS) is 25.6. The maximum atomic E-state index is 11.6. The van der Waals surface area contributed by atoms with E-state index in [1.165, 1.54) is 0 Å². The van der Waals surface area contributed by atoms with Gasteiger partial charge in [-0.3, -0.25) is 4.79 Å². The molecule has 0 spiro atoms. The van der Waals surface area contributed by atoms with E-state index >= 15 is 0 Å². The smallest absolute Gasteiger partial charge is 0.311 e. The minimum absolute atomic E-state index is 0.580. The fourth-order valence-corrected chi connectivity index (χ4v) is 3.22. The van der Waals surface area contributed by atoms with Crippen molar-refractivity contribution in [2.75, 3.05) is 46.9 Å². The third kappa shape index (κ3) is 3.46. The van der Waals surface area contributed by atoms with Gasteiger partial charge in [-0.2, -0.15) is 0 Å². The molecule has 2 heterocycles. The van der Waals surface area contributed by atoms with Crippen LogP contribution in [0.15, 0.2) is 0 Å². The summed E-state index contributed by atoms with van der Waals surface area (Å²) >= 11 is 0. The highest BCUT2D eigenvalue weighted by molar-refractivity contribution is 5.75. The molecule has 0 amide bonds. The predicted molar refractivity (Wildman–Crippen MR) is 73.3 cm³/mol. The summed E-state index contributed by atoms with van der Waals surface area (Å²) in [4.78, 5) is 16.2. The predicted octanol–water partition coefficient (Wildman–Crippen LogP) is 0.894. The zero-order chi connectivity index (χ0) is 13.9. The van der Waals surface area contributed by atoms with Crippen LogP contribution in [0.25, 0.3) is 0 Å². The number of ether oxygens (including phenoxy) is 1.